The van der Waals surface area contributed by atoms with E-state index in [0.717, 1.165) is 64.3 Å². The Morgan fingerprint density at radius 1 is 1.12 bits per heavy atom. The van der Waals surface area contributed by atoms with Crippen molar-refractivity contribution in [1.29, 1.82) is 0 Å². The van der Waals surface area contributed by atoms with Crippen LogP contribution in [0, 0.1) is 5.92 Å². The summed E-state index contributed by atoms with van der Waals surface area (Å²) in [6.45, 7) is 6.17. The van der Waals surface area contributed by atoms with Gasteiger partial charge in [-0.3, -0.25) is 9.69 Å². The van der Waals surface area contributed by atoms with Crippen LogP contribution in [-0.2, 0) is 4.79 Å². The number of nitrogens with one attached hydrogen (secondary N) is 1. The van der Waals surface area contributed by atoms with Crippen LogP contribution >= 0.6 is 0 Å². The van der Waals surface area contributed by atoms with Crippen LogP contribution in [0.2, 0.25) is 0 Å². The van der Waals surface area contributed by atoms with Gasteiger partial charge in [0.2, 0.25) is 5.91 Å². The van der Waals surface area contributed by atoms with Crippen LogP contribution in [0.4, 0.5) is 5.69 Å². The van der Waals surface area contributed by atoms with Gasteiger partial charge in [0.15, 0.2) is 0 Å². The van der Waals surface area contributed by atoms with Gasteiger partial charge in [-0.25, -0.2) is 0 Å². The maximum absolute atomic E-state index is 12.0. The normalized spacial score (nSPS) is 19.2. The number of carbonyl (C=O) groups excluding carboxylic acids is 1. The molecule has 1 saturated heterocycles. The molecule has 25 heavy (non-hydrogen) atoms. The first-order valence-corrected chi connectivity index (χ1v) is 9.65. The fraction of sp³-hybridized carbons (Fsp3) is 0.650. The fourth-order valence-corrected chi connectivity index (χ4v) is 3.87. The first-order valence-electron chi connectivity index (χ1n) is 9.65. The number of benzene rings is 1. The maximum atomic E-state index is 12.0. The Balaban J connectivity index is 1.31. The second-order valence-corrected chi connectivity index (χ2v) is 7.15. The highest BCUT2D eigenvalue weighted by molar-refractivity contribution is 5.78. The average molecular weight is 345 g/mol. The molecule has 1 heterocycles. The van der Waals surface area contributed by atoms with Gasteiger partial charge in [-0.15, -0.1) is 0 Å². The topological polar surface area (TPSA) is 44.8 Å². The number of ether oxygens (including phenoxy) is 1. The average Bonchev–Trinajstić information content (AvgIpc) is 3.21. The molecule has 1 N–H and O–H groups in total. The lowest BCUT2D eigenvalue weighted by Crippen LogP contribution is -2.47. The van der Waals surface area contributed by atoms with E-state index in [1.54, 1.807) is 7.11 Å². The first-order chi connectivity index (χ1) is 12.3. The molecular formula is C20H31N3O2. The smallest absolute Gasteiger partial charge is 0.223 e. The third-order valence-corrected chi connectivity index (χ3v) is 5.49. The predicted molar refractivity (Wildman–Crippen MR) is 101 cm³/mol. The largest absolute Gasteiger partial charge is 0.497 e. The molecule has 0 atom stereocenters. The Morgan fingerprint density at radius 3 is 2.44 bits per heavy atom. The highest BCUT2D eigenvalue weighted by Gasteiger charge is 2.22. The number of methoxy groups -OCH3 is 1. The van der Waals surface area contributed by atoms with E-state index in [-0.39, 0.29) is 11.8 Å². The summed E-state index contributed by atoms with van der Waals surface area (Å²) < 4.78 is 5.22. The molecular weight excluding hydrogens is 314 g/mol. The van der Waals surface area contributed by atoms with E-state index in [9.17, 15) is 4.79 Å². The zero-order chi connectivity index (χ0) is 17.5. The molecule has 3 rings (SSSR count). The van der Waals surface area contributed by atoms with Crippen LogP contribution in [0.15, 0.2) is 24.3 Å². The van der Waals surface area contributed by atoms with Gasteiger partial charge in [0.1, 0.15) is 5.75 Å². The summed E-state index contributed by atoms with van der Waals surface area (Å²) >= 11 is 0. The van der Waals surface area contributed by atoms with Crippen molar-refractivity contribution in [1.82, 2.24) is 10.2 Å². The van der Waals surface area contributed by atoms with Crippen molar-refractivity contribution in [3.8, 4) is 5.75 Å². The number of nitrogens with zero attached hydrogens (tertiary/aromatic N) is 2. The summed E-state index contributed by atoms with van der Waals surface area (Å²) in [4.78, 5) is 16.9. The summed E-state index contributed by atoms with van der Waals surface area (Å²) in [6.07, 6.45) is 5.65. The number of hydrogen-bond donors (Lipinski definition) is 1. The summed E-state index contributed by atoms with van der Waals surface area (Å²) in [7, 11) is 1.70. The molecule has 2 aliphatic rings. The summed E-state index contributed by atoms with van der Waals surface area (Å²) in [6, 6.07) is 8.31. The van der Waals surface area contributed by atoms with Crippen LogP contribution in [0.25, 0.3) is 0 Å². The highest BCUT2D eigenvalue weighted by Crippen LogP contribution is 2.24. The molecule has 1 aromatic rings. The molecule has 1 aliphatic carbocycles. The minimum Gasteiger partial charge on any atom is -0.497 e. The number of piperazine rings is 1. The van der Waals surface area contributed by atoms with Gasteiger partial charge in [0.25, 0.3) is 0 Å². The van der Waals surface area contributed by atoms with Crippen molar-refractivity contribution in [2.75, 3.05) is 51.3 Å². The lowest BCUT2D eigenvalue weighted by Gasteiger charge is -2.36. The molecule has 138 valence electrons. The van der Waals surface area contributed by atoms with Crippen molar-refractivity contribution >= 4 is 11.6 Å². The fourth-order valence-electron chi connectivity index (χ4n) is 3.87. The zero-order valence-electron chi connectivity index (χ0n) is 15.4. The van der Waals surface area contributed by atoms with Gasteiger partial charge < -0.3 is 15.0 Å². The van der Waals surface area contributed by atoms with E-state index >= 15 is 0 Å². The summed E-state index contributed by atoms with van der Waals surface area (Å²) in [5.41, 5.74) is 1.27. The number of carbonyl (C=O) groups is 1. The van der Waals surface area contributed by atoms with Crippen LogP contribution < -0.4 is 15.0 Å². The van der Waals surface area contributed by atoms with Gasteiger partial charge in [0.05, 0.1) is 7.11 Å². The highest BCUT2D eigenvalue weighted by atomic mass is 16.5. The zero-order valence-corrected chi connectivity index (χ0v) is 15.4. The Labute approximate surface area is 151 Å². The van der Waals surface area contributed by atoms with Gasteiger partial charge in [-0.1, -0.05) is 12.8 Å². The van der Waals surface area contributed by atoms with Crippen molar-refractivity contribution in [3.05, 3.63) is 24.3 Å². The van der Waals surface area contributed by atoms with E-state index < -0.39 is 0 Å². The molecule has 1 aliphatic heterocycles. The lowest BCUT2D eigenvalue weighted by molar-refractivity contribution is -0.124. The van der Waals surface area contributed by atoms with Gasteiger partial charge in [0, 0.05) is 44.3 Å². The number of rotatable bonds is 7. The Morgan fingerprint density at radius 2 is 1.80 bits per heavy atom. The van der Waals surface area contributed by atoms with Crippen LogP contribution in [0.3, 0.4) is 0 Å². The van der Waals surface area contributed by atoms with Crippen LogP contribution in [-0.4, -0.2) is 57.2 Å². The lowest BCUT2D eigenvalue weighted by atomic mass is 10.1. The number of amides is 1. The second-order valence-electron chi connectivity index (χ2n) is 7.15. The Bertz CT molecular complexity index is 532. The predicted octanol–water partition coefficient (Wildman–Crippen LogP) is 2.51. The molecule has 2 fully saturated rings. The molecule has 0 unspecified atom stereocenters. The monoisotopic (exact) mass is 345 g/mol. The minimum atomic E-state index is 0.279. The van der Waals surface area contributed by atoms with E-state index in [2.05, 4.69) is 27.2 Å². The van der Waals surface area contributed by atoms with Gasteiger partial charge in [-0.05, 0) is 50.1 Å². The first kappa shape index (κ1) is 18.1. The minimum absolute atomic E-state index is 0.279. The van der Waals surface area contributed by atoms with E-state index in [0.29, 0.717) is 0 Å². The molecule has 1 saturated carbocycles. The molecule has 0 radical (unpaired) electrons. The molecule has 1 aromatic carbocycles. The second kappa shape index (κ2) is 9.09. The quantitative estimate of drug-likeness (QED) is 0.771. The molecule has 0 spiro atoms. The maximum Gasteiger partial charge on any atom is 0.223 e. The molecule has 5 heteroatoms. The number of anilines is 1. The summed E-state index contributed by atoms with van der Waals surface area (Å²) in [5, 5.41) is 3.12. The van der Waals surface area contributed by atoms with Crippen molar-refractivity contribution < 1.29 is 9.53 Å². The summed E-state index contributed by atoms with van der Waals surface area (Å²) in [5.74, 6) is 1.47. The molecule has 0 aromatic heterocycles. The van der Waals surface area contributed by atoms with E-state index in [1.807, 2.05) is 12.1 Å². The Hall–Kier alpha value is -1.75. The molecule has 5 nitrogen and oxygen atoms in total. The Kier molecular flexibility index (Phi) is 6.56. The van der Waals surface area contributed by atoms with Crippen molar-refractivity contribution in [2.45, 2.75) is 32.1 Å². The molecule has 0 bridgehead atoms. The number of hydrogen-bond acceptors (Lipinski definition) is 4. The third kappa shape index (κ3) is 5.11. The van der Waals surface area contributed by atoms with Crippen LogP contribution in [0.5, 0.6) is 5.75 Å². The molecule has 1 amide bonds. The van der Waals surface area contributed by atoms with E-state index in [4.69, 9.17) is 4.74 Å². The SMILES string of the molecule is COc1ccc(N2CCN(CCCNC(=O)C3CCCC3)CC2)cc1. The standard InChI is InChI=1S/C20H31N3O2/c1-25-19-9-7-18(8-10-19)23-15-13-22(14-16-23)12-4-11-21-20(24)17-5-2-3-6-17/h7-10,17H,2-6,11-16H2,1H3,(H,21,24). The van der Waals surface area contributed by atoms with Gasteiger partial charge in [-0.2, -0.15) is 0 Å². The van der Waals surface area contributed by atoms with Crippen molar-refractivity contribution in [2.24, 2.45) is 5.92 Å². The van der Waals surface area contributed by atoms with E-state index in [1.165, 1.54) is 18.5 Å². The van der Waals surface area contributed by atoms with Gasteiger partial charge >= 0.3 is 0 Å². The third-order valence-electron chi connectivity index (χ3n) is 5.49. The van der Waals surface area contributed by atoms with Crippen molar-refractivity contribution in [3.63, 3.8) is 0 Å². The van der Waals surface area contributed by atoms with Crippen LogP contribution in [0.1, 0.15) is 32.1 Å².